The summed E-state index contributed by atoms with van der Waals surface area (Å²) in [4.78, 5) is 41.8. The first kappa shape index (κ1) is 19.4. The van der Waals surface area contributed by atoms with Gasteiger partial charge in [-0.2, -0.15) is 0 Å². The normalized spacial score (nSPS) is 26.3. The molecule has 1 aromatic carbocycles. The van der Waals surface area contributed by atoms with Crippen LogP contribution < -0.4 is 5.32 Å². The fourth-order valence-electron chi connectivity index (χ4n) is 4.45. The van der Waals surface area contributed by atoms with Gasteiger partial charge < -0.3 is 24.3 Å². The van der Waals surface area contributed by atoms with Gasteiger partial charge in [-0.1, -0.05) is 12.1 Å². The lowest BCUT2D eigenvalue weighted by Crippen LogP contribution is -2.48. The Hall–Kier alpha value is -2.52. The van der Waals surface area contributed by atoms with Crippen LogP contribution in [-0.4, -0.2) is 70.5 Å². The van der Waals surface area contributed by atoms with Crippen molar-refractivity contribution in [3.8, 4) is 0 Å². The van der Waals surface area contributed by atoms with Crippen molar-refractivity contribution in [1.82, 2.24) is 9.80 Å². The van der Waals surface area contributed by atoms with Gasteiger partial charge in [-0.05, 0) is 25.5 Å². The van der Waals surface area contributed by atoms with Crippen LogP contribution in [-0.2, 0) is 14.3 Å². The van der Waals surface area contributed by atoms with E-state index in [1.807, 2.05) is 25.1 Å². The van der Waals surface area contributed by atoms with Gasteiger partial charge in [0.2, 0.25) is 17.6 Å². The van der Waals surface area contributed by atoms with E-state index in [9.17, 15) is 14.4 Å². The maximum atomic E-state index is 13.2. The number of para-hydroxylation sites is 1. The first-order chi connectivity index (χ1) is 14.5. The van der Waals surface area contributed by atoms with Crippen LogP contribution in [0.3, 0.4) is 0 Å². The molecule has 3 fully saturated rings. The van der Waals surface area contributed by atoms with Gasteiger partial charge >= 0.3 is 0 Å². The summed E-state index contributed by atoms with van der Waals surface area (Å²) < 4.78 is 11.2. The predicted molar refractivity (Wildman–Crippen MR) is 112 cm³/mol. The molecule has 0 radical (unpaired) electrons. The minimum absolute atomic E-state index is 0.00400. The molecule has 3 aliphatic heterocycles. The van der Waals surface area contributed by atoms with Crippen molar-refractivity contribution in [3.05, 3.63) is 30.0 Å². The molecule has 0 aliphatic carbocycles. The smallest absolute Gasteiger partial charge is 0.291 e. The summed E-state index contributed by atoms with van der Waals surface area (Å²) in [5.74, 6) is 0.102. The predicted octanol–water partition coefficient (Wildman–Crippen LogP) is 2.30. The summed E-state index contributed by atoms with van der Waals surface area (Å²) >= 11 is 1.64. The van der Waals surface area contributed by atoms with Crippen LogP contribution in [0.4, 0.5) is 5.69 Å². The summed E-state index contributed by atoms with van der Waals surface area (Å²) in [5, 5.41) is 3.60. The molecule has 3 aliphatic rings. The second-order valence-electron chi connectivity index (χ2n) is 7.96. The highest BCUT2D eigenvalue weighted by Crippen LogP contribution is 2.47. The third kappa shape index (κ3) is 3.07. The Balaban J connectivity index is 1.47. The van der Waals surface area contributed by atoms with Crippen LogP contribution in [0, 0.1) is 0 Å². The van der Waals surface area contributed by atoms with Crippen molar-refractivity contribution in [2.75, 3.05) is 37.4 Å². The lowest BCUT2D eigenvalue weighted by atomic mass is 10.1. The quantitative estimate of drug-likeness (QED) is 0.805. The van der Waals surface area contributed by atoms with E-state index in [4.69, 9.17) is 9.15 Å². The minimum atomic E-state index is -0.560. The molecule has 1 N–H and O–H groups in total. The fraction of sp³-hybridized carbons (Fsp3) is 0.476. The molecule has 3 saturated heterocycles. The second kappa shape index (κ2) is 7.31. The molecule has 4 heterocycles. The van der Waals surface area contributed by atoms with Crippen LogP contribution in [0.2, 0.25) is 0 Å². The van der Waals surface area contributed by atoms with Crippen molar-refractivity contribution >= 4 is 46.1 Å². The van der Waals surface area contributed by atoms with Crippen LogP contribution >= 0.6 is 11.8 Å². The van der Waals surface area contributed by atoms with E-state index in [1.54, 1.807) is 27.6 Å². The largest absolute Gasteiger partial charge is 0.449 e. The zero-order valence-electron chi connectivity index (χ0n) is 16.7. The van der Waals surface area contributed by atoms with Crippen molar-refractivity contribution in [1.29, 1.82) is 0 Å². The third-order valence-electron chi connectivity index (χ3n) is 6.08. The van der Waals surface area contributed by atoms with E-state index in [2.05, 4.69) is 5.32 Å². The van der Waals surface area contributed by atoms with E-state index < -0.39 is 6.04 Å². The SMILES string of the molecule is C[C@@]12CCC(=O)N1[C@@H](C(=O)Nc1c(C(=O)N3CCOCC3)oc3ccccc13)CS2. The Kier molecular flexibility index (Phi) is 4.74. The molecule has 30 heavy (non-hydrogen) atoms. The number of nitrogens with one attached hydrogen (secondary N) is 1. The molecule has 0 spiro atoms. The number of carbonyl (C=O) groups is 3. The van der Waals surface area contributed by atoms with Gasteiger partial charge in [-0.3, -0.25) is 14.4 Å². The molecule has 2 aromatic rings. The number of morpholine rings is 1. The molecule has 1 aromatic heterocycles. The Morgan fingerprint density at radius 1 is 1.23 bits per heavy atom. The number of hydrogen-bond acceptors (Lipinski definition) is 6. The zero-order valence-corrected chi connectivity index (χ0v) is 17.5. The van der Waals surface area contributed by atoms with Crippen LogP contribution in [0.15, 0.2) is 28.7 Å². The molecule has 158 valence electrons. The van der Waals surface area contributed by atoms with Crippen LogP contribution in [0.1, 0.15) is 30.3 Å². The Labute approximate surface area is 177 Å². The van der Waals surface area contributed by atoms with Gasteiger partial charge in [0.15, 0.2) is 0 Å². The summed E-state index contributed by atoms with van der Waals surface area (Å²) in [6, 6.07) is 6.69. The summed E-state index contributed by atoms with van der Waals surface area (Å²) in [5.41, 5.74) is 0.907. The number of anilines is 1. The number of thioether (sulfide) groups is 1. The Morgan fingerprint density at radius 2 is 2.00 bits per heavy atom. The number of carbonyl (C=O) groups excluding carboxylic acids is 3. The average molecular weight is 429 g/mol. The van der Waals surface area contributed by atoms with Gasteiger partial charge in [0.05, 0.1) is 18.1 Å². The third-order valence-corrected chi connectivity index (χ3v) is 7.59. The number of rotatable bonds is 3. The standard InChI is InChI=1S/C21H23N3O5S/c1-21-7-6-16(25)24(21)14(12-30-21)19(26)22-17-13-4-2-3-5-15(13)29-18(17)20(27)23-8-10-28-11-9-23/h2-5,14H,6-12H2,1H3,(H,22,26)/t14-,21-/m1/s1. The van der Waals surface area contributed by atoms with Gasteiger partial charge in [0.1, 0.15) is 17.3 Å². The van der Waals surface area contributed by atoms with Crippen LogP contribution in [0.5, 0.6) is 0 Å². The first-order valence-electron chi connectivity index (χ1n) is 10.1. The van der Waals surface area contributed by atoms with E-state index in [0.717, 1.165) is 6.42 Å². The average Bonchev–Trinajstić information content (AvgIpc) is 3.39. The molecular weight excluding hydrogens is 406 g/mol. The summed E-state index contributed by atoms with van der Waals surface area (Å²) in [6.07, 6.45) is 1.21. The van der Waals surface area contributed by atoms with Crippen LogP contribution in [0.25, 0.3) is 11.0 Å². The fourth-order valence-corrected chi connectivity index (χ4v) is 5.88. The highest BCUT2D eigenvalue weighted by atomic mass is 32.2. The van der Waals surface area contributed by atoms with Gasteiger partial charge in [0.25, 0.3) is 5.91 Å². The van der Waals surface area contributed by atoms with Crippen molar-refractivity contribution < 1.29 is 23.5 Å². The highest BCUT2D eigenvalue weighted by molar-refractivity contribution is 8.01. The molecular formula is C21H23N3O5S. The van der Waals surface area contributed by atoms with E-state index in [-0.39, 0.29) is 28.4 Å². The maximum absolute atomic E-state index is 13.2. The summed E-state index contributed by atoms with van der Waals surface area (Å²) in [7, 11) is 0. The van der Waals surface area contributed by atoms with Crippen molar-refractivity contribution in [3.63, 3.8) is 0 Å². The monoisotopic (exact) mass is 429 g/mol. The lowest BCUT2D eigenvalue weighted by molar-refractivity contribution is -0.135. The molecule has 0 saturated carbocycles. The molecule has 0 bridgehead atoms. The van der Waals surface area contributed by atoms with Gasteiger partial charge in [-0.15, -0.1) is 11.8 Å². The Bertz CT molecular complexity index is 1030. The number of hydrogen-bond donors (Lipinski definition) is 1. The summed E-state index contributed by atoms with van der Waals surface area (Å²) in [6.45, 7) is 3.91. The molecule has 9 heteroatoms. The molecule has 0 unspecified atom stereocenters. The van der Waals surface area contributed by atoms with E-state index in [0.29, 0.717) is 55.1 Å². The van der Waals surface area contributed by atoms with Crippen molar-refractivity contribution in [2.24, 2.45) is 0 Å². The highest BCUT2D eigenvalue weighted by Gasteiger charge is 2.53. The van der Waals surface area contributed by atoms with Gasteiger partial charge in [0, 0.05) is 30.6 Å². The maximum Gasteiger partial charge on any atom is 0.291 e. The van der Waals surface area contributed by atoms with E-state index in [1.165, 1.54) is 0 Å². The molecule has 8 nitrogen and oxygen atoms in total. The zero-order chi connectivity index (χ0) is 20.9. The second-order valence-corrected chi connectivity index (χ2v) is 9.46. The number of benzene rings is 1. The topological polar surface area (TPSA) is 92.1 Å². The lowest BCUT2D eigenvalue weighted by Gasteiger charge is -2.30. The van der Waals surface area contributed by atoms with E-state index >= 15 is 0 Å². The molecule has 2 atom stereocenters. The molecule has 3 amide bonds. The van der Waals surface area contributed by atoms with Crippen molar-refractivity contribution in [2.45, 2.75) is 30.7 Å². The first-order valence-corrected chi connectivity index (χ1v) is 11.1. The number of fused-ring (bicyclic) bond motifs is 2. The number of furan rings is 1. The van der Waals surface area contributed by atoms with Gasteiger partial charge in [-0.25, -0.2) is 0 Å². The molecule has 5 rings (SSSR count). The Morgan fingerprint density at radius 3 is 2.80 bits per heavy atom. The minimum Gasteiger partial charge on any atom is -0.449 e. The number of ether oxygens (including phenoxy) is 1. The number of nitrogens with zero attached hydrogens (tertiary/aromatic N) is 2. The number of amides is 3.